The molecule has 0 saturated heterocycles. The zero-order valence-electron chi connectivity index (χ0n) is 12.5. The zero-order valence-corrected chi connectivity index (χ0v) is 14.9. The van der Waals surface area contributed by atoms with Crippen molar-refractivity contribution < 1.29 is 9.47 Å². The van der Waals surface area contributed by atoms with Crippen molar-refractivity contribution in [3.8, 4) is 17.6 Å². The molecule has 0 spiro atoms. The molecule has 0 aliphatic rings. The molecule has 0 radical (unpaired) electrons. The summed E-state index contributed by atoms with van der Waals surface area (Å²) < 4.78 is 11.7. The van der Waals surface area contributed by atoms with Crippen molar-refractivity contribution in [3.05, 3.63) is 38.3 Å². The molecule has 0 aliphatic carbocycles. The standard InChI is InChI=1S/C16H15BrN2O2S/c1-4-21-15-13(17)6-11(7-14(15)20-3)5-12(8-18)16-19-10(2)9-22-16/h5-7,9H,4H2,1-3H3/b12-5-. The first-order valence-corrected chi connectivity index (χ1v) is 8.31. The molecule has 0 bridgehead atoms. The Kier molecular flexibility index (Phi) is 5.58. The second kappa shape index (κ2) is 7.43. The molecule has 4 nitrogen and oxygen atoms in total. The molecule has 0 aliphatic heterocycles. The van der Waals surface area contributed by atoms with Gasteiger partial charge in [0.25, 0.3) is 0 Å². The van der Waals surface area contributed by atoms with E-state index in [1.807, 2.05) is 31.4 Å². The lowest BCUT2D eigenvalue weighted by Crippen LogP contribution is -1.97. The number of allylic oxidation sites excluding steroid dienone is 1. The number of rotatable bonds is 5. The first-order chi connectivity index (χ1) is 10.6. The third-order valence-electron chi connectivity index (χ3n) is 2.82. The molecule has 1 aromatic heterocycles. The first-order valence-electron chi connectivity index (χ1n) is 6.63. The average Bonchev–Trinajstić information content (AvgIpc) is 2.93. The van der Waals surface area contributed by atoms with Crippen molar-refractivity contribution in [2.75, 3.05) is 13.7 Å². The van der Waals surface area contributed by atoms with Crippen molar-refractivity contribution >= 4 is 38.9 Å². The van der Waals surface area contributed by atoms with Gasteiger partial charge in [0.1, 0.15) is 11.1 Å². The van der Waals surface area contributed by atoms with Crippen LogP contribution in [0.15, 0.2) is 22.0 Å². The Labute approximate surface area is 142 Å². The van der Waals surface area contributed by atoms with E-state index in [1.54, 1.807) is 13.2 Å². The minimum Gasteiger partial charge on any atom is -0.493 e. The molecule has 0 unspecified atom stereocenters. The van der Waals surface area contributed by atoms with Gasteiger partial charge in [0.05, 0.1) is 23.8 Å². The van der Waals surface area contributed by atoms with Crippen LogP contribution in [0.1, 0.15) is 23.2 Å². The maximum Gasteiger partial charge on any atom is 0.175 e. The van der Waals surface area contributed by atoms with Crippen LogP contribution >= 0.6 is 27.3 Å². The number of ether oxygens (including phenoxy) is 2. The fraction of sp³-hybridized carbons (Fsp3) is 0.250. The largest absolute Gasteiger partial charge is 0.493 e. The van der Waals surface area contributed by atoms with E-state index in [2.05, 4.69) is 27.0 Å². The zero-order chi connectivity index (χ0) is 16.1. The highest BCUT2D eigenvalue weighted by Crippen LogP contribution is 2.37. The van der Waals surface area contributed by atoms with Crippen molar-refractivity contribution in [1.82, 2.24) is 4.98 Å². The molecule has 1 aromatic carbocycles. The summed E-state index contributed by atoms with van der Waals surface area (Å²) in [6, 6.07) is 5.93. The Morgan fingerprint density at radius 1 is 1.50 bits per heavy atom. The van der Waals surface area contributed by atoms with Gasteiger partial charge in [0, 0.05) is 11.1 Å². The third kappa shape index (κ3) is 3.67. The molecule has 1 heterocycles. The lowest BCUT2D eigenvalue weighted by Gasteiger charge is -2.12. The van der Waals surface area contributed by atoms with E-state index in [4.69, 9.17) is 9.47 Å². The first kappa shape index (κ1) is 16.5. The molecule has 22 heavy (non-hydrogen) atoms. The molecule has 0 fully saturated rings. The van der Waals surface area contributed by atoms with Crippen LogP contribution in [0, 0.1) is 18.3 Å². The Morgan fingerprint density at radius 3 is 2.82 bits per heavy atom. The van der Waals surface area contributed by atoms with Crippen LogP contribution in [0.5, 0.6) is 11.5 Å². The topological polar surface area (TPSA) is 55.1 Å². The van der Waals surface area contributed by atoms with Gasteiger partial charge < -0.3 is 9.47 Å². The second-order valence-corrected chi connectivity index (χ2v) is 6.14. The summed E-state index contributed by atoms with van der Waals surface area (Å²) in [6.07, 6.45) is 1.79. The average molecular weight is 379 g/mol. The van der Waals surface area contributed by atoms with Crippen LogP contribution in [0.4, 0.5) is 0 Å². The SMILES string of the molecule is CCOc1c(Br)cc(/C=C(/C#N)c2nc(C)cs2)cc1OC. The highest BCUT2D eigenvalue weighted by atomic mass is 79.9. The maximum absolute atomic E-state index is 9.37. The minimum atomic E-state index is 0.524. The summed E-state index contributed by atoms with van der Waals surface area (Å²) in [5.41, 5.74) is 2.28. The van der Waals surface area contributed by atoms with E-state index in [0.717, 1.165) is 15.7 Å². The Bertz CT molecular complexity index is 747. The Balaban J connectivity index is 2.46. The molecule has 2 aromatic rings. The Morgan fingerprint density at radius 2 is 2.27 bits per heavy atom. The number of benzene rings is 1. The summed E-state index contributed by atoms with van der Waals surface area (Å²) in [5, 5.41) is 12.0. The number of nitrogens with zero attached hydrogens (tertiary/aromatic N) is 2. The van der Waals surface area contributed by atoms with Gasteiger partial charge in [0.15, 0.2) is 11.5 Å². The summed E-state index contributed by atoms with van der Waals surface area (Å²) in [4.78, 5) is 4.35. The minimum absolute atomic E-state index is 0.524. The molecular formula is C16H15BrN2O2S. The van der Waals surface area contributed by atoms with Gasteiger partial charge in [0.2, 0.25) is 0 Å². The Hall–Kier alpha value is -1.84. The quantitative estimate of drug-likeness (QED) is 0.708. The number of nitriles is 1. The van der Waals surface area contributed by atoms with Gasteiger partial charge in [-0.25, -0.2) is 4.98 Å². The smallest absolute Gasteiger partial charge is 0.175 e. The van der Waals surface area contributed by atoms with Gasteiger partial charge in [-0.2, -0.15) is 5.26 Å². The molecule has 114 valence electrons. The van der Waals surface area contributed by atoms with E-state index in [-0.39, 0.29) is 0 Å². The number of hydrogen-bond acceptors (Lipinski definition) is 5. The van der Waals surface area contributed by atoms with E-state index in [9.17, 15) is 5.26 Å². The molecule has 0 saturated carbocycles. The van der Waals surface area contributed by atoms with Crippen molar-refractivity contribution in [1.29, 1.82) is 5.26 Å². The van der Waals surface area contributed by atoms with Gasteiger partial charge in [-0.15, -0.1) is 11.3 Å². The van der Waals surface area contributed by atoms with Crippen LogP contribution in [0.25, 0.3) is 11.6 Å². The molecule has 0 atom stereocenters. The summed E-state index contributed by atoms with van der Waals surface area (Å²) in [7, 11) is 1.59. The van der Waals surface area contributed by atoms with Crippen LogP contribution in [0.3, 0.4) is 0 Å². The highest BCUT2D eigenvalue weighted by Gasteiger charge is 2.12. The summed E-state index contributed by atoms with van der Waals surface area (Å²) >= 11 is 4.94. The highest BCUT2D eigenvalue weighted by molar-refractivity contribution is 9.10. The van der Waals surface area contributed by atoms with Crippen molar-refractivity contribution in [3.63, 3.8) is 0 Å². The number of aromatic nitrogens is 1. The number of hydrogen-bond donors (Lipinski definition) is 0. The van der Waals surface area contributed by atoms with E-state index in [1.165, 1.54) is 11.3 Å². The van der Waals surface area contributed by atoms with Gasteiger partial charge in [-0.3, -0.25) is 0 Å². The molecule has 6 heteroatoms. The van der Waals surface area contributed by atoms with E-state index < -0.39 is 0 Å². The van der Waals surface area contributed by atoms with Crippen LogP contribution in [-0.4, -0.2) is 18.7 Å². The summed E-state index contributed by atoms with van der Waals surface area (Å²) in [6.45, 7) is 4.37. The summed E-state index contributed by atoms with van der Waals surface area (Å²) in [5.74, 6) is 1.28. The van der Waals surface area contributed by atoms with Crippen LogP contribution in [0.2, 0.25) is 0 Å². The van der Waals surface area contributed by atoms with Crippen molar-refractivity contribution in [2.24, 2.45) is 0 Å². The maximum atomic E-state index is 9.37. The van der Waals surface area contributed by atoms with Gasteiger partial charge >= 0.3 is 0 Å². The molecular weight excluding hydrogens is 364 g/mol. The monoisotopic (exact) mass is 378 g/mol. The number of thiazole rings is 1. The number of methoxy groups -OCH3 is 1. The van der Waals surface area contributed by atoms with Gasteiger partial charge in [-0.05, 0) is 53.5 Å². The van der Waals surface area contributed by atoms with E-state index in [0.29, 0.717) is 28.7 Å². The van der Waals surface area contributed by atoms with E-state index >= 15 is 0 Å². The lowest BCUT2D eigenvalue weighted by atomic mass is 10.1. The van der Waals surface area contributed by atoms with Crippen LogP contribution in [-0.2, 0) is 0 Å². The fourth-order valence-corrected chi connectivity index (χ4v) is 3.23. The number of halogens is 1. The predicted octanol–water partition coefficient (Wildman–Crippen LogP) is 4.69. The lowest BCUT2D eigenvalue weighted by molar-refractivity contribution is 0.309. The molecule has 2 rings (SSSR count). The second-order valence-electron chi connectivity index (χ2n) is 4.43. The molecule has 0 N–H and O–H groups in total. The van der Waals surface area contributed by atoms with Crippen molar-refractivity contribution in [2.45, 2.75) is 13.8 Å². The third-order valence-corrected chi connectivity index (χ3v) is 4.40. The normalized spacial score (nSPS) is 11.1. The predicted molar refractivity (Wildman–Crippen MR) is 92.2 cm³/mol. The van der Waals surface area contributed by atoms with Crippen LogP contribution < -0.4 is 9.47 Å². The number of aryl methyl sites for hydroxylation is 1. The molecule has 0 amide bonds. The fourth-order valence-electron chi connectivity index (χ4n) is 1.89. The van der Waals surface area contributed by atoms with Gasteiger partial charge in [-0.1, -0.05) is 0 Å².